The predicted octanol–water partition coefficient (Wildman–Crippen LogP) is 2.95. The monoisotopic (exact) mass is 360 g/mol. The molecule has 1 aliphatic rings. The van der Waals surface area contributed by atoms with Crippen LogP contribution < -0.4 is 9.80 Å². The molecular weight excluding hydrogens is 343 g/mol. The number of pyridine rings is 1. The van der Waals surface area contributed by atoms with Gasteiger partial charge in [0.05, 0.1) is 16.3 Å². The van der Waals surface area contributed by atoms with Crippen molar-refractivity contribution in [1.82, 2.24) is 15.0 Å². The van der Waals surface area contributed by atoms with Crippen LogP contribution >= 0.6 is 11.6 Å². The van der Waals surface area contributed by atoms with Gasteiger partial charge >= 0.3 is 0 Å². The Kier molecular flexibility index (Phi) is 5.00. The summed E-state index contributed by atoms with van der Waals surface area (Å²) in [6, 6.07) is 3.72. The van der Waals surface area contributed by atoms with Crippen molar-refractivity contribution in [1.29, 1.82) is 5.26 Å². The number of nitrogens with zero attached hydrogens (tertiary/aromatic N) is 6. The second-order valence-corrected chi connectivity index (χ2v) is 6.50. The zero-order chi connectivity index (χ0) is 18.0. The zero-order valence-corrected chi connectivity index (χ0v) is 14.8. The summed E-state index contributed by atoms with van der Waals surface area (Å²) in [5.41, 5.74) is 0.763. The second-order valence-electron chi connectivity index (χ2n) is 6.09. The molecule has 0 N–H and O–H groups in total. The molecule has 3 rings (SSSR count). The van der Waals surface area contributed by atoms with E-state index < -0.39 is 5.82 Å². The van der Waals surface area contributed by atoms with Crippen LogP contribution in [0.25, 0.3) is 0 Å². The van der Waals surface area contributed by atoms with E-state index in [1.54, 1.807) is 13.0 Å². The lowest BCUT2D eigenvalue weighted by Crippen LogP contribution is -2.47. The Morgan fingerprint density at radius 2 is 2.20 bits per heavy atom. The van der Waals surface area contributed by atoms with Crippen LogP contribution in [0.15, 0.2) is 18.6 Å². The van der Waals surface area contributed by atoms with E-state index in [2.05, 4.69) is 19.9 Å². The molecule has 1 fully saturated rings. The molecule has 0 aliphatic carbocycles. The highest BCUT2D eigenvalue weighted by molar-refractivity contribution is 6.33. The Labute approximate surface area is 150 Å². The third-order valence-electron chi connectivity index (χ3n) is 4.47. The quantitative estimate of drug-likeness (QED) is 0.838. The fraction of sp³-hybridized carbons (Fsp3) is 0.412. The maximum atomic E-state index is 14.3. The summed E-state index contributed by atoms with van der Waals surface area (Å²) in [5.74, 6) is 0.563. The number of aryl methyl sites for hydroxylation is 1. The number of anilines is 2. The van der Waals surface area contributed by atoms with Gasteiger partial charge in [-0.05, 0) is 25.8 Å². The van der Waals surface area contributed by atoms with Crippen LogP contribution in [0, 0.1) is 24.1 Å². The standard InChI is InChI=1S/C17H18ClFN6/c1-11-15(19)17(23-10-22-11)24(2)13-4-3-5-25(9-13)16-14(18)6-12(7-20)8-21-16/h6,8,10,13H,3-5,9H2,1-2H3. The smallest absolute Gasteiger partial charge is 0.186 e. The van der Waals surface area contributed by atoms with Crippen LogP contribution in [0.4, 0.5) is 16.0 Å². The van der Waals surface area contributed by atoms with Gasteiger partial charge in [-0.15, -0.1) is 0 Å². The van der Waals surface area contributed by atoms with Gasteiger partial charge in [-0.2, -0.15) is 5.26 Å². The molecule has 6 nitrogen and oxygen atoms in total. The van der Waals surface area contributed by atoms with Gasteiger partial charge in [-0.3, -0.25) is 0 Å². The van der Waals surface area contributed by atoms with Crippen LogP contribution in [-0.2, 0) is 0 Å². The number of nitriles is 1. The molecule has 0 amide bonds. The number of likely N-dealkylation sites (N-methyl/N-ethyl adjacent to an activating group) is 1. The second kappa shape index (κ2) is 7.19. The van der Waals surface area contributed by atoms with Gasteiger partial charge in [0.25, 0.3) is 0 Å². The van der Waals surface area contributed by atoms with E-state index >= 15 is 0 Å². The first-order chi connectivity index (χ1) is 12.0. The third kappa shape index (κ3) is 3.49. The summed E-state index contributed by atoms with van der Waals surface area (Å²) < 4.78 is 14.3. The van der Waals surface area contributed by atoms with Crippen molar-refractivity contribution in [3.8, 4) is 6.07 Å². The predicted molar refractivity (Wildman–Crippen MR) is 94.3 cm³/mol. The Morgan fingerprint density at radius 3 is 2.92 bits per heavy atom. The van der Waals surface area contributed by atoms with Gasteiger partial charge < -0.3 is 9.80 Å². The van der Waals surface area contributed by atoms with Gasteiger partial charge in [-0.1, -0.05) is 11.6 Å². The van der Waals surface area contributed by atoms with Crippen molar-refractivity contribution in [3.63, 3.8) is 0 Å². The molecule has 3 heterocycles. The zero-order valence-electron chi connectivity index (χ0n) is 14.1. The van der Waals surface area contributed by atoms with Crippen molar-refractivity contribution in [3.05, 3.63) is 40.7 Å². The number of piperidine rings is 1. The molecule has 0 saturated carbocycles. The highest BCUT2D eigenvalue weighted by atomic mass is 35.5. The van der Waals surface area contributed by atoms with Crippen LogP contribution in [0.3, 0.4) is 0 Å². The molecule has 2 aromatic rings. The maximum Gasteiger partial charge on any atom is 0.186 e. The lowest BCUT2D eigenvalue weighted by molar-refractivity contribution is 0.475. The highest BCUT2D eigenvalue weighted by Crippen LogP contribution is 2.29. The lowest BCUT2D eigenvalue weighted by atomic mass is 10.0. The normalized spacial score (nSPS) is 17.2. The molecule has 8 heteroatoms. The number of hydrogen-bond acceptors (Lipinski definition) is 6. The van der Waals surface area contributed by atoms with Crippen molar-refractivity contribution < 1.29 is 4.39 Å². The molecule has 1 saturated heterocycles. The van der Waals surface area contributed by atoms with Crippen LogP contribution in [0.1, 0.15) is 24.1 Å². The minimum atomic E-state index is -0.392. The molecule has 2 aromatic heterocycles. The number of hydrogen-bond donors (Lipinski definition) is 0. The van der Waals surface area contributed by atoms with Gasteiger partial charge in [0.15, 0.2) is 11.6 Å². The van der Waals surface area contributed by atoms with E-state index in [0.717, 1.165) is 19.4 Å². The summed E-state index contributed by atoms with van der Waals surface area (Å²) in [7, 11) is 1.84. The molecular formula is C17H18ClFN6. The average molecular weight is 361 g/mol. The fourth-order valence-corrected chi connectivity index (χ4v) is 3.34. The van der Waals surface area contributed by atoms with E-state index in [1.807, 2.05) is 18.0 Å². The Hall–Kier alpha value is -2.46. The first kappa shape index (κ1) is 17.4. The molecule has 25 heavy (non-hydrogen) atoms. The van der Waals surface area contributed by atoms with Crippen molar-refractivity contribution in [2.45, 2.75) is 25.8 Å². The molecule has 1 aliphatic heterocycles. The molecule has 130 valence electrons. The highest BCUT2D eigenvalue weighted by Gasteiger charge is 2.27. The number of halogens is 2. The SMILES string of the molecule is Cc1ncnc(N(C)C2CCCN(c3ncc(C#N)cc3Cl)C2)c1F. The minimum absolute atomic E-state index is 0.0751. The summed E-state index contributed by atoms with van der Waals surface area (Å²) in [5, 5.41) is 9.39. The number of rotatable bonds is 3. The van der Waals surface area contributed by atoms with Crippen LogP contribution in [-0.4, -0.2) is 41.1 Å². The van der Waals surface area contributed by atoms with E-state index in [9.17, 15) is 4.39 Å². The van der Waals surface area contributed by atoms with Crippen LogP contribution in [0.5, 0.6) is 0 Å². The van der Waals surface area contributed by atoms with E-state index in [0.29, 0.717) is 34.5 Å². The van der Waals surface area contributed by atoms with Gasteiger partial charge in [-0.25, -0.2) is 19.3 Å². The number of aromatic nitrogens is 3. The molecule has 0 bridgehead atoms. The molecule has 1 atom stereocenters. The van der Waals surface area contributed by atoms with Crippen molar-refractivity contribution in [2.75, 3.05) is 29.9 Å². The summed E-state index contributed by atoms with van der Waals surface area (Å²) in [4.78, 5) is 16.2. The van der Waals surface area contributed by atoms with Gasteiger partial charge in [0.1, 0.15) is 18.2 Å². The molecule has 0 radical (unpaired) electrons. The summed E-state index contributed by atoms with van der Waals surface area (Å²) in [6.07, 6.45) is 4.74. The molecule has 0 spiro atoms. The minimum Gasteiger partial charge on any atom is -0.353 e. The summed E-state index contributed by atoms with van der Waals surface area (Å²) >= 11 is 6.28. The van der Waals surface area contributed by atoms with Gasteiger partial charge in [0.2, 0.25) is 0 Å². The average Bonchev–Trinajstić information content (AvgIpc) is 2.63. The van der Waals surface area contributed by atoms with E-state index in [4.69, 9.17) is 16.9 Å². The van der Waals surface area contributed by atoms with Crippen molar-refractivity contribution >= 4 is 23.2 Å². The topological polar surface area (TPSA) is 68.9 Å². The van der Waals surface area contributed by atoms with E-state index in [1.165, 1.54) is 12.5 Å². The summed E-state index contributed by atoms with van der Waals surface area (Å²) in [6.45, 7) is 3.09. The lowest BCUT2D eigenvalue weighted by Gasteiger charge is -2.39. The van der Waals surface area contributed by atoms with E-state index in [-0.39, 0.29) is 6.04 Å². The third-order valence-corrected chi connectivity index (χ3v) is 4.75. The maximum absolute atomic E-state index is 14.3. The first-order valence-corrected chi connectivity index (χ1v) is 8.39. The Balaban J connectivity index is 1.81. The largest absolute Gasteiger partial charge is 0.353 e. The van der Waals surface area contributed by atoms with Crippen molar-refractivity contribution in [2.24, 2.45) is 0 Å². The van der Waals surface area contributed by atoms with Gasteiger partial charge in [0, 0.05) is 32.4 Å². The Morgan fingerprint density at radius 1 is 1.40 bits per heavy atom. The van der Waals surface area contributed by atoms with Crippen LogP contribution in [0.2, 0.25) is 5.02 Å². The first-order valence-electron chi connectivity index (χ1n) is 8.01. The fourth-order valence-electron chi connectivity index (χ4n) is 3.05. The Bertz CT molecular complexity index is 821. The molecule has 0 aromatic carbocycles. The molecule has 1 unspecified atom stereocenters.